The lowest BCUT2D eigenvalue weighted by Gasteiger charge is -2.27. The highest BCUT2D eigenvalue weighted by atomic mass is 32.1. The summed E-state index contributed by atoms with van der Waals surface area (Å²) in [5.74, 6) is 2.30. The number of amides is 1. The molecule has 2 aliphatic rings. The van der Waals surface area contributed by atoms with Crippen LogP contribution in [0.4, 0.5) is 0 Å². The smallest absolute Gasteiger partial charge is 0.242 e. The number of carbonyl (C=O) groups is 1. The quantitative estimate of drug-likeness (QED) is 0.591. The molecule has 0 unspecified atom stereocenters. The number of hydrogen-bond acceptors (Lipinski definition) is 5. The summed E-state index contributed by atoms with van der Waals surface area (Å²) in [5.41, 5.74) is 2.43. The lowest BCUT2D eigenvalue weighted by atomic mass is 10.1. The summed E-state index contributed by atoms with van der Waals surface area (Å²) in [7, 11) is 1.71. The summed E-state index contributed by atoms with van der Waals surface area (Å²) in [6.07, 6.45) is 1.76. The summed E-state index contributed by atoms with van der Waals surface area (Å²) in [6.45, 7) is 2.71. The van der Waals surface area contributed by atoms with E-state index in [2.05, 4.69) is 27.1 Å². The molecule has 1 aromatic carbocycles. The minimum Gasteiger partial charge on any atom is -0.454 e. The van der Waals surface area contributed by atoms with Crippen LogP contribution in [0.2, 0.25) is 0 Å². The third-order valence-electron chi connectivity index (χ3n) is 4.93. The number of nitrogens with one attached hydrogen (secondary N) is 2. The predicted octanol–water partition coefficient (Wildman–Crippen LogP) is 1.77. The van der Waals surface area contributed by atoms with Gasteiger partial charge in [-0.05, 0) is 47.5 Å². The molecule has 0 bridgehead atoms. The minimum atomic E-state index is 0.0931. The minimum absolute atomic E-state index is 0.0931. The number of fused-ring (bicyclic) bond motifs is 2. The Labute approximate surface area is 168 Å². The van der Waals surface area contributed by atoms with Gasteiger partial charge in [-0.25, -0.2) is 0 Å². The first-order valence-electron chi connectivity index (χ1n) is 9.39. The van der Waals surface area contributed by atoms with Crippen LogP contribution in [0, 0.1) is 0 Å². The molecule has 1 aromatic heterocycles. The number of benzene rings is 1. The molecule has 3 heterocycles. The Bertz CT molecular complexity index is 880. The van der Waals surface area contributed by atoms with Crippen molar-refractivity contribution in [3.8, 4) is 11.5 Å². The standard InChI is InChI=1S/C20H24N4O3S/c1-21-20(22-7-4-14-2-3-16-17(10-14)27-13-26-16)23-11-19(25)24-8-5-18-15(12-24)6-9-28-18/h2-3,6,9-10H,4-5,7-8,11-13H2,1H3,(H2,21,22,23). The lowest BCUT2D eigenvalue weighted by molar-refractivity contribution is -0.130. The van der Waals surface area contributed by atoms with Crippen LogP contribution in [0.15, 0.2) is 34.6 Å². The molecule has 7 nitrogen and oxygen atoms in total. The number of nitrogens with zero attached hydrogens (tertiary/aromatic N) is 2. The van der Waals surface area contributed by atoms with Gasteiger partial charge in [0.25, 0.3) is 0 Å². The summed E-state index contributed by atoms with van der Waals surface area (Å²) in [5, 5.41) is 8.47. The van der Waals surface area contributed by atoms with Crippen LogP contribution in [-0.4, -0.2) is 50.2 Å². The van der Waals surface area contributed by atoms with Gasteiger partial charge in [-0.3, -0.25) is 9.79 Å². The van der Waals surface area contributed by atoms with Gasteiger partial charge >= 0.3 is 0 Å². The van der Waals surface area contributed by atoms with E-state index in [1.54, 1.807) is 18.4 Å². The van der Waals surface area contributed by atoms with E-state index >= 15 is 0 Å². The molecule has 28 heavy (non-hydrogen) atoms. The van der Waals surface area contributed by atoms with Crippen molar-refractivity contribution in [2.45, 2.75) is 19.4 Å². The summed E-state index contributed by atoms with van der Waals surface area (Å²) >= 11 is 1.78. The Balaban J connectivity index is 1.21. The monoisotopic (exact) mass is 400 g/mol. The van der Waals surface area contributed by atoms with Gasteiger partial charge in [0.1, 0.15) is 0 Å². The van der Waals surface area contributed by atoms with Crippen LogP contribution in [-0.2, 0) is 24.2 Å². The molecule has 8 heteroatoms. The number of aliphatic imine (C=N–C) groups is 1. The van der Waals surface area contributed by atoms with E-state index in [9.17, 15) is 4.79 Å². The number of guanidine groups is 1. The maximum atomic E-state index is 12.5. The van der Waals surface area contributed by atoms with Crippen LogP contribution < -0.4 is 20.1 Å². The molecule has 0 saturated heterocycles. The zero-order chi connectivity index (χ0) is 19.3. The van der Waals surface area contributed by atoms with Crippen molar-refractivity contribution in [1.82, 2.24) is 15.5 Å². The molecule has 2 aliphatic heterocycles. The summed E-state index contributed by atoms with van der Waals surface area (Å²) < 4.78 is 10.7. The van der Waals surface area contributed by atoms with Gasteiger partial charge in [-0.1, -0.05) is 6.07 Å². The van der Waals surface area contributed by atoms with Gasteiger partial charge in [0.15, 0.2) is 17.5 Å². The van der Waals surface area contributed by atoms with Crippen molar-refractivity contribution in [2.24, 2.45) is 4.99 Å². The van der Waals surface area contributed by atoms with Crippen LogP contribution >= 0.6 is 11.3 Å². The number of rotatable bonds is 5. The predicted molar refractivity (Wildman–Crippen MR) is 109 cm³/mol. The van der Waals surface area contributed by atoms with E-state index in [-0.39, 0.29) is 19.2 Å². The van der Waals surface area contributed by atoms with E-state index in [1.807, 2.05) is 23.1 Å². The molecule has 0 spiro atoms. The average molecular weight is 401 g/mol. The third-order valence-corrected chi connectivity index (χ3v) is 5.96. The Morgan fingerprint density at radius 3 is 3.04 bits per heavy atom. The van der Waals surface area contributed by atoms with E-state index in [0.29, 0.717) is 19.0 Å². The van der Waals surface area contributed by atoms with Crippen molar-refractivity contribution in [3.05, 3.63) is 45.6 Å². The fourth-order valence-corrected chi connectivity index (χ4v) is 4.26. The summed E-state index contributed by atoms with van der Waals surface area (Å²) in [6, 6.07) is 8.08. The van der Waals surface area contributed by atoms with E-state index in [0.717, 1.165) is 36.4 Å². The lowest BCUT2D eigenvalue weighted by Crippen LogP contribution is -2.46. The Hall–Kier alpha value is -2.74. The molecule has 148 valence electrons. The molecule has 1 amide bonds. The van der Waals surface area contributed by atoms with E-state index < -0.39 is 0 Å². The molecule has 2 N–H and O–H groups in total. The van der Waals surface area contributed by atoms with Crippen LogP contribution in [0.1, 0.15) is 16.0 Å². The fraction of sp³-hybridized carbons (Fsp3) is 0.400. The molecule has 4 rings (SSSR count). The van der Waals surface area contributed by atoms with E-state index in [4.69, 9.17) is 9.47 Å². The Morgan fingerprint density at radius 2 is 2.14 bits per heavy atom. The zero-order valence-electron chi connectivity index (χ0n) is 15.9. The topological polar surface area (TPSA) is 75.2 Å². The number of carbonyl (C=O) groups excluding carboxylic acids is 1. The molecule has 2 aromatic rings. The highest BCUT2D eigenvalue weighted by Gasteiger charge is 2.21. The van der Waals surface area contributed by atoms with Gasteiger partial charge in [0, 0.05) is 31.6 Å². The van der Waals surface area contributed by atoms with Crippen LogP contribution in [0.3, 0.4) is 0 Å². The molecule has 0 saturated carbocycles. The molecule has 0 radical (unpaired) electrons. The van der Waals surface area contributed by atoms with E-state index in [1.165, 1.54) is 10.4 Å². The second-order valence-corrected chi connectivity index (χ2v) is 7.73. The van der Waals surface area contributed by atoms with Crippen molar-refractivity contribution in [2.75, 3.05) is 33.5 Å². The largest absolute Gasteiger partial charge is 0.454 e. The number of thiophene rings is 1. The molecule has 0 fully saturated rings. The first-order valence-corrected chi connectivity index (χ1v) is 10.3. The van der Waals surface area contributed by atoms with Gasteiger partial charge in [-0.2, -0.15) is 0 Å². The van der Waals surface area contributed by atoms with Crippen molar-refractivity contribution in [1.29, 1.82) is 0 Å². The highest BCUT2D eigenvalue weighted by molar-refractivity contribution is 7.10. The van der Waals surface area contributed by atoms with Crippen molar-refractivity contribution in [3.63, 3.8) is 0 Å². The Morgan fingerprint density at radius 1 is 1.25 bits per heavy atom. The third kappa shape index (κ3) is 4.22. The highest BCUT2D eigenvalue weighted by Crippen LogP contribution is 2.32. The maximum Gasteiger partial charge on any atom is 0.242 e. The molecular formula is C20H24N4O3S. The summed E-state index contributed by atoms with van der Waals surface area (Å²) in [4.78, 5) is 20.0. The van der Waals surface area contributed by atoms with Crippen molar-refractivity contribution < 1.29 is 14.3 Å². The fourth-order valence-electron chi connectivity index (χ4n) is 3.37. The normalized spacial score (nSPS) is 15.3. The maximum absolute atomic E-state index is 12.5. The number of ether oxygens (including phenoxy) is 2. The molecular weight excluding hydrogens is 376 g/mol. The molecule has 0 aliphatic carbocycles. The first-order chi connectivity index (χ1) is 13.7. The second-order valence-electron chi connectivity index (χ2n) is 6.72. The SMILES string of the molecule is CN=C(NCCc1ccc2c(c1)OCO2)NCC(=O)N1CCc2sccc2C1. The van der Waals surface area contributed by atoms with Gasteiger partial charge in [0.05, 0.1) is 6.54 Å². The number of hydrogen-bond donors (Lipinski definition) is 2. The molecule has 0 atom stereocenters. The second kappa shape index (κ2) is 8.52. The van der Waals surface area contributed by atoms with Crippen molar-refractivity contribution >= 4 is 23.2 Å². The van der Waals surface area contributed by atoms with Gasteiger partial charge in [0.2, 0.25) is 12.7 Å². The van der Waals surface area contributed by atoms with Crippen LogP contribution in [0.5, 0.6) is 11.5 Å². The van der Waals surface area contributed by atoms with Gasteiger partial charge < -0.3 is 25.0 Å². The first kappa shape index (κ1) is 18.6. The van der Waals surface area contributed by atoms with Gasteiger partial charge in [-0.15, -0.1) is 11.3 Å². The zero-order valence-corrected chi connectivity index (χ0v) is 16.7. The average Bonchev–Trinajstić information content (AvgIpc) is 3.38. The van der Waals surface area contributed by atoms with Crippen LogP contribution in [0.25, 0.3) is 0 Å². The Kier molecular flexibility index (Phi) is 5.66.